The molecular weight excluding hydrogens is 400 g/mol. The molecule has 0 amide bonds. The first-order chi connectivity index (χ1) is 12.5. The van der Waals surface area contributed by atoms with Gasteiger partial charge < -0.3 is 20.1 Å². The second-order valence-corrected chi connectivity index (χ2v) is 8.81. The van der Waals surface area contributed by atoms with Gasteiger partial charge in [-0.2, -0.15) is 0 Å². The Hall–Kier alpha value is -0.910. The van der Waals surface area contributed by atoms with Gasteiger partial charge in [-0.3, -0.25) is 4.99 Å². The Balaban J connectivity index is 2.29. The van der Waals surface area contributed by atoms with Gasteiger partial charge >= 0.3 is 0 Å². The van der Waals surface area contributed by atoms with Gasteiger partial charge in [0, 0.05) is 39.9 Å². The zero-order valence-electron chi connectivity index (χ0n) is 15.1. The van der Waals surface area contributed by atoms with Gasteiger partial charge in [-0.15, -0.1) is 11.3 Å². The molecule has 0 saturated heterocycles. The highest BCUT2D eigenvalue weighted by atomic mass is 35.5. The molecule has 0 radical (unpaired) electrons. The minimum absolute atomic E-state index is 0.205. The van der Waals surface area contributed by atoms with E-state index in [0.29, 0.717) is 43.2 Å². The molecule has 0 unspecified atom stereocenters. The van der Waals surface area contributed by atoms with Crippen molar-refractivity contribution in [2.75, 3.05) is 53.1 Å². The van der Waals surface area contributed by atoms with Crippen molar-refractivity contribution in [1.29, 1.82) is 0 Å². The van der Waals surface area contributed by atoms with Crippen LogP contribution in [0.4, 0.5) is 0 Å². The van der Waals surface area contributed by atoms with E-state index in [2.05, 4.69) is 20.3 Å². The maximum atomic E-state index is 12.1. The molecule has 1 aromatic heterocycles. The number of nitrogens with zero attached hydrogens (tertiary/aromatic N) is 1. The Bertz CT molecular complexity index is 637. The number of rotatable bonds is 13. The second kappa shape index (κ2) is 13.3. The van der Waals surface area contributed by atoms with Crippen molar-refractivity contribution in [1.82, 2.24) is 15.4 Å². The molecule has 0 bridgehead atoms. The Morgan fingerprint density at radius 3 is 2.69 bits per heavy atom. The highest BCUT2D eigenvalue weighted by Crippen LogP contribution is 2.24. The van der Waals surface area contributed by atoms with E-state index in [4.69, 9.17) is 21.1 Å². The Morgan fingerprint density at radius 2 is 2.04 bits per heavy atom. The molecule has 1 aromatic rings. The molecule has 26 heavy (non-hydrogen) atoms. The smallest absolute Gasteiger partial charge is 0.250 e. The summed E-state index contributed by atoms with van der Waals surface area (Å²) in [5.41, 5.74) is 0. The van der Waals surface area contributed by atoms with Crippen molar-refractivity contribution in [3.05, 3.63) is 16.5 Å². The van der Waals surface area contributed by atoms with E-state index in [1.54, 1.807) is 13.2 Å². The molecule has 0 aliphatic heterocycles. The van der Waals surface area contributed by atoms with Crippen LogP contribution in [0.5, 0.6) is 0 Å². The SMILES string of the molecule is CCNC(=NCCCOCCOC)NCCNS(=O)(=O)c1ccc(Cl)s1. The standard InChI is InChI=1S/C15H27ClN4O4S2/c1-3-17-15(18-7-4-10-24-12-11-23-2)19-8-9-20-26(21,22)14-6-5-13(16)25-14/h5-6,20H,3-4,7-12H2,1-2H3,(H2,17,18,19). The normalized spacial score (nSPS) is 12.3. The van der Waals surface area contributed by atoms with Crippen molar-refractivity contribution in [2.45, 2.75) is 17.6 Å². The third kappa shape index (κ3) is 9.70. The second-order valence-electron chi connectivity index (χ2n) is 5.10. The summed E-state index contributed by atoms with van der Waals surface area (Å²) in [6, 6.07) is 3.05. The number of ether oxygens (including phenoxy) is 2. The summed E-state index contributed by atoms with van der Waals surface area (Å²) in [6.45, 7) is 5.73. The van der Waals surface area contributed by atoms with E-state index < -0.39 is 10.0 Å². The quantitative estimate of drug-likeness (QED) is 0.249. The summed E-state index contributed by atoms with van der Waals surface area (Å²) in [6.07, 6.45) is 0.798. The number of hydrogen-bond donors (Lipinski definition) is 3. The Morgan fingerprint density at radius 1 is 1.23 bits per heavy atom. The predicted molar refractivity (Wildman–Crippen MR) is 106 cm³/mol. The molecule has 0 aromatic carbocycles. The minimum Gasteiger partial charge on any atom is -0.382 e. The molecule has 0 saturated carbocycles. The van der Waals surface area contributed by atoms with Gasteiger partial charge in [0.05, 0.1) is 17.6 Å². The number of sulfonamides is 1. The topological polar surface area (TPSA) is 101 Å². The summed E-state index contributed by atoms with van der Waals surface area (Å²) in [7, 11) is -1.89. The highest BCUT2D eigenvalue weighted by molar-refractivity contribution is 7.91. The van der Waals surface area contributed by atoms with Gasteiger partial charge in [0.1, 0.15) is 4.21 Å². The molecule has 11 heteroatoms. The fraction of sp³-hybridized carbons (Fsp3) is 0.667. The van der Waals surface area contributed by atoms with Crippen molar-refractivity contribution in [2.24, 2.45) is 4.99 Å². The van der Waals surface area contributed by atoms with Gasteiger partial charge in [0.2, 0.25) is 10.0 Å². The molecule has 0 aliphatic carbocycles. The van der Waals surface area contributed by atoms with Crippen LogP contribution in [0.1, 0.15) is 13.3 Å². The van der Waals surface area contributed by atoms with E-state index in [-0.39, 0.29) is 10.8 Å². The van der Waals surface area contributed by atoms with E-state index in [0.717, 1.165) is 24.3 Å². The zero-order valence-corrected chi connectivity index (χ0v) is 17.5. The fourth-order valence-corrected chi connectivity index (χ4v) is 4.38. The van der Waals surface area contributed by atoms with Crippen LogP contribution in [0.15, 0.2) is 21.3 Å². The van der Waals surface area contributed by atoms with Crippen LogP contribution in [0, 0.1) is 0 Å². The molecule has 0 fully saturated rings. The number of aliphatic imine (C=N–C) groups is 1. The fourth-order valence-electron chi connectivity index (χ4n) is 1.82. The van der Waals surface area contributed by atoms with Crippen LogP contribution in [0.2, 0.25) is 4.34 Å². The minimum atomic E-state index is -3.52. The van der Waals surface area contributed by atoms with Crippen molar-refractivity contribution in [3.63, 3.8) is 0 Å². The summed E-state index contributed by atoms with van der Waals surface area (Å²) in [5.74, 6) is 0.641. The van der Waals surface area contributed by atoms with Gasteiger partial charge in [-0.25, -0.2) is 13.1 Å². The van der Waals surface area contributed by atoms with Crippen LogP contribution < -0.4 is 15.4 Å². The van der Waals surface area contributed by atoms with Gasteiger partial charge in [-0.1, -0.05) is 11.6 Å². The van der Waals surface area contributed by atoms with Gasteiger partial charge in [-0.05, 0) is 25.5 Å². The van der Waals surface area contributed by atoms with Crippen LogP contribution in [0.25, 0.3) is 0 Å². The van der Waals surface area contributed by atoms with Gasteiger partial charge in [0.25, 0.3) is 0 Å². The van der Waals surface area contributed by atoms with Crippen LogP contribution in [-0.2, 0) is 19.5 Å². The molecule has 1 heterocycles. The number of guanidine groups is 1. The first kappa shape index (κ1) is 23.1. The lowest BCUT2D eigenvalue weighted by atomic mass is 10.4. The average molecular weight is 427 g/mol. The molecule has 3 N–H and O–H groups in total. The van der Waals surface area contributed by atoms with Crippen molar-refractivity contribution in [3.8, 4) is 0 Å². The lowest BCUT2D eigenvalue weighted by molar-refractivity contribution is 0.0702. The largest absolute Gasteiger partial charge is 0.382 e. The monoisotopic (exact) mass is 426 g/mol. The molecule has 1 rings (SSSR count). The zero-order chi connectivity index (χ0) is 19.3. The first-order valence-electron chi connectivity index (χ1n) is 8.33. The molecule has 0 spiro atoms. The third-order valence-corrected chi connectivity index (χ3v) is 6.20. The summed E-state index contributed by atoms with van der Waals surface area (Å²) in [4.78, 5) is 4.42. The maximum absolute atomic E-state index is 12.1. The predicted octanol–water partition coefficient (Wildman–Crippen LogP) is 1.29. The third-order valence-electron chi connectivity index (χ3n) is 3.02. The lowest BCUT2D eigenvalue weighted by Crippen LogP contribution is -2.41. The molecule has 0 atom stereocenters. The number of halogens is 1. The highest BCUT2D eigenvalue weighted by Gasteiger charge is 2.15. The van der Waals surface area contributed by atoms with Crippen LogP contribution in [0.3, 0.4) is 0 Å². The summed E-state index contributed by atoms with van der Waals surface area (Å²) < 4.78 is 37.6. The molecular formula is C15H27ClN4O4S2. The number of nitrogens with one attached hydrogen (secondary N) is 3. The Kier molecular flexibility index (Phi) is 11.8. The average Bonchev–Trinajstić information content (AvgIpc) is 3.05. The number of methoxy groups -OCH3 is 1. The molecule has 150 valence electrons. The summed E-state index contributed by atoms with van der Waals surface area (Å²) in [5, 5.41) is 6.20. The van der Waals surface area contributed by atoms with Crippen molar-refractivity contribution < 1.29 is 17.9 Å². The first-order valence-corrected chi connectivity index (χ1v) is 11.0. The number of hydrogen-bond acceptors (Lipinski definition) is 6. The van der Waals surface area contributed by atoms with E-state index >= 15 is 0 Å². The molecule has 8 nitrogen and oxygen atoms in total. The van der Waals surface area contributed by atoms with Crippen LogP contribution in [-0.4, -0.2) is 67.5 Å². The summed E-state index contributed by atoms with van der Waals surface area (Å²) >= 11 is 6.80. The molecule has 0 aliphatic rings. The van der Waals surface area contributed by atoms with Crippen LogP contribution >= 0.6 is 22.9 Å². The maximum Gasteiger partial charge on any atom is 0.250 e. The van der Waals surface area contributed by atoms with E-state index in [9.17, 15) is 8.42 Å². The van der Waals surface area contributed by atoms with Crippen molar-refractivity contribution >= 4 is 38.9 Å². The van der Waals surface area contributed by atoms with E-state index in [1.165, 1.54) is 6.07 Å². The lowest BCUT2D eigenvalue weighted by Gasteiger charge is -2.11. The van der Waals surface area contributed by atoms with Gasteiger partial charge in [0.15, 0.2) is 5.96 Å². The Labute approximate surface area is 164 Å². The number of thiophene rings is 1. The van der Waals surface area contributed by atoms with E-state index in [1.807, 2.05) is 6.92 Å².